The first-order chi connectivity index (χ1) is 17.4. The molecule has 0 saturated heterocycles. The van der Waals surface area contributed by atoms with Crippen molar-refractivity contribution < 1.29 is 19.5 Å². The third kappa shape index (κ3) is 6.46. The van der Waals surface area contributed by atoms with Crippen molar-refractivity contribution in [2.75, 3.05) is 14.1 Å². The number of carbonyl (C=O) groups is 3. The normalized spacial score (nSPS) is 15.3. The number of hydrogen-bond donors (Lipinski definition) is 3. The van der Waals surface area contributed by atoms with Gasteiger partial charge in [0.15, 0.2) is 0 Å². The van der Waals surface area contributed by atoms with E-state index >= 15 is 0 Å². The Balaban J connectivity index is 2.43. The highest BCUT2D eigenvalue weighted by atomic mass is 16.4. The van der Waals surface area contributed by atoms with Gasteiger partial charge in [0.05, 0.1) is 12.1 Å². The van der Waals surface area contributed by atoms with Crippen LogP contribution in [0.5, 0.6) is 0 Å². The topological polar surface area (TPSA) is 104 Å². The van der Waals surface area contributed by atoms with Crippen LogP contribution in [0.15, 0.2) is 42.1 Å². The van der Waals surface area contributed by atoms with Crippen molar-refractivity contribution in [1.82, 2.24) is 20.1 Å². The lowest BCUT2D eigenvalue weighted by atomic mass is 9.76. The minimum atomic E-state index is -1.02. The zero-order chi connectivity index (χ0) is 29.2. The van der Waals surface area contributed by atoms with Crippen LogP contribution in [0.4, 0.5) is 0 Å². The second-order valence-electron chi connectivity index (χ2n) is 12.3. The average molecular weight is 527 g/mol. The van der Waals surface area contributed by atoms with E-state index in [1.54, 1.807) is 25.1 Å². The van der Waals surface area contributed by atoms with Crippen molar-refractivity contribution in [2.24, 2.45) is 18.4 Å². The quantitative estimate of drug-likeness (QED) is 0.405. The highest BCUT2D eigenvalue weighted by molar-refractivity contribution is 5.93. The molecule has 8 nitrogen and oxygen atoms in total. The fraction of sp³-hybridized carbons (Fsp3) is 0.567. The predicted molar refractivity (Wildman–Crippen MR) is 153 cm³/mol. The molecule has 1 aromatic heterocycles. The van der Waals surface area contributed by atoms with Gasteiger partial charge in [-0.25, -0.2) is 4.79 Å². The summed E-state index contributed by atoms with van der Waals surface area (Å²) < 4.78 is 2.06. The van der Waals surface area contributed by atoms with Crippen molar-refractivity contribution in [2.45, 2.75) is 78.9 Å². The van der Waals surface area contributed by atoms with Crippen LogP contribution in [0, 0.1) is 11.3 Å². The number of para-hydroxylation sites is 1. The number of aryl methyl sites for hydroxylation is 1. The molecule has 0 bridgehead atoms. The van der Waals surface area contributed by atoms with Crippen LogP contribution < -0.4 is 10.6 Å². The van der Waals surface area contributed by atoms with Gasteiger partial charge in [0, 0.05) is 42.2 Å². The van der Waals surface area contributed by atoms with E-state index in [-0.39, 0.29) is 23.3 Å². The molecule has 0 radical (unpaired) electrons. The fourth-order valence-corrected chi connectivity index (χ4v) is 5.13. The molecule has 1 aromatic carbocycles. The number of carboxylic acid groups (broad SMARTS) is 1. The number of nitrogens with zero attached hydrogens (tertiary/aromatic N) is 2. The molecule has 0 aliphatic heterocycles. The number of carbonyl (C=O) groups excluding carboxylic acids is 2. The third-order valence-corrected chi connectivity index (χ3v) is 7.50. The first kappa shape index (κ1) is 31.1. The molecule has 3 N–H and O–H groups in total. The van der Waals surface area contributed by atoms with Crippen LogP contribution in [0.25, 0.3) is 10.9 Å². The molecule has 38 heavy (non-hydrogen) atoms. The van der Waals surface area contributed by atoms with E-state index in [1.165, 1.54) is 6.92 Å². The zero-order valence-electron chi connectivity index (χ0n) is 24.8. The van der Waals surface area contributed by atoms with Gasteiger partial charge in [0.25, 0.3) is 0 Å². The van der Waals surface area contributed by atoms with E-state index < -0.39 is 34.9 Å². The lowest BCUT2D eigenvalue weighted by molar-refractivity contribution is -0.141. The number of fused-ring (bicyclic) bond motifs is 1. The summed E-state index contributed by atoms with van der Waals surface area (Å²) in [6.45, 7) is 15.2. The number of likely N-dealkylation sites (N-methyl/N-ethyl adjacent to an activating group) is 2. The van der Waals surface area contributed by atoms with E-state index in [1.807, 2.05) is 67.6 Å². The second kappa shape index (κ2) is 11.7. The molecule has 2 aromatic rings. The highest BCUT2D eigenvalue weighted by Gasteiger charge is 2.42. The number of nitrogens with one attached hydrogen (secondary N) is 2. The van der Waals surface area contributed by atoms with Gasteiger partial charge in [-0.15, -0.1) is 0 Å². The van der Waals surface area contributed by atoms with Gasteiger partial charge in [-0.3, -0.25) is 9.59 Å². The molecule has 2 amide bonds. The lowest BCUT2D eigenvalue weighted by Gasteiger charge is -2.39. The monoisotopic (exact) mass is 526 g/mol. The minimum absolute atomic E-state index is 0.0232. The Labute approximate surface area is 227 Å². The Morgan fingerprint density at radius 2 is 1.63 bits per heavy atom. The standard InChI is InChI=1S/C30H46N4O4/c1-18(2)23(16-19(3)28(37)38)34(11)27(36)25(29(4,5)6)32-26(35)24(31-9)30(7,8)21-17-33(10)22-15-13-12-14-20(21)22/h12-18,23-25,31H,1-11H3,(H,32,35)(H,37,38)/b19-16+/t23-,24?,25-/m1/s1. The van der Waals surface area contributed by atoms with E-state index in [2.05, 4.69) is 33.5 Å². The van der Waals surface area contributed by atoms with E-state index in [4.69, 9.17) is 0 Å². The van der Waals surface area contributed by atoms with Crippen molar-refractivity contribution in [3.05, 3.63) is 47.7 Å². The van der Waals surface area contributed by atoms with Crippen LogP contribution >= 0.6 is 0 Å². The van der Waals surface area contributed by atoms with Crippen molar-refractivity contribution in [3.8, 4) is 0 Å². The third-order valence-electron chi connectivity index (χ3n) is 7.50. The molecule has 3 atom stereocenters. The maximum atomic E-state index is 13.9. The SMILES string of the molecule is CNC(C(=O)N[C@H](C(=O)N(C)[C@H](/C=C(\C)C(=O)O)C(C)C)C(C)(C)C)C(C)(C)c1cn(C)c2ccccc12. The molecule has 0 fully saturated rings. The summed E-state index contributed by atoms with van der Waals surface area (Å²) in [5.74, 6) is -1.59. The van der Waals surface area contributed by atoms with Gasteiger partial charge in [-0.2, -0.15) is 0 Å². The van der Waals surface area contributed by atoms with Crippen LogP contribution in [0.2, 0.25) is 0 Å². The Hall–Kier alpha value is -3.13. The van der Waals surface area contributed by atoms with Crippen LogP contribution in [-0.4, -0.2) is 64.6 Å². The van der Waals surface area contributed by atoms with Gasteiger partial charge in [0.2, 0.25) is 11.8 Å². The summed E-state index contributed by atoms with van der Waals surface area (Å²) in [5, 5.41) is 16.7. The number of aliphatic carboxylic acids is 1. The summed E-state index contributed by atoms with van der Waals surface area (Å²) in [5.41, 5.74) is 1.11. The molecule has 0 aliphatic rings. The molecular formula is C30H46N4O4. The van der Waals surface area contributed by atoms with Crippen LogP contribution in [0.1, 0.15) is 61.0 Å². The Kier molecular flexibility index (Phi) is 9.59. The lowest BCUT2D eigenvalue weighted by Crippen LogP contribution is -2.61. The van der Waals surface area contributed by atoms with Gasteiger partial charge in [-0.1, -0.05) is 72.7 Å². The average Bonchev–Trinajstić information content (AvgIpc) is 3.16. The highest BCUT2D eigenvalue weighted by Crippen LogP contribution is 2.35. The number of benzene rings is 1. The minimum Gasteiger partial charge on any atom is -0.478 e. The molecule has 1 unspecified atom stereocenters. The smallest absolute Gasteiger partial charge is 0.331 e. The fourth-order valence-electron chi connectivity index (χ4n) is 5.13. The molecule has 8 heteroatoms. The number of rotatable bonds is 10. The molecule has 0 saturated carbocycles. The Bertz CT molecular complexity index is 1200. The van der Waals surface area contributed by atoms with Gasteiger partial charge in [0.1, 0.15) is 6.04 Å². The first-order valence-corrected chi connectivity index (χ1v) is 13.2. The van der Waals surface area contributed by atoms with E-state index in [0.717, 1.165) is 16.5 Å². The predicted octanol–water partition coefficient (Wildman–Crippen LogP) is 4.09. The van der Waals surface area contributed by atoms with Crippen molar-refractivity contribution in [3.63, 3.8) is 0 Å². The summed E-state index contributed by atoms with van der Waals surface area (Å²) in [6, 6.07) is 6.23. The van der Waals surface area contributed by atoms with Gasteiger partial charge < -0.3 is 25.2 Å². The number of hydrogen-bond acceptors (Lipinski definition) is 4. The molecule has 210 valence electrons. The molecular weight excluding hydrogens is 480 g/mol. The maximum absolute atomic E-state index is 13.9. The summed E-state index contributed by atoms with van der Waals surface area (Å²) >= 11 is 0. The van der Waals surface area contributed by atoms with E-state index in [0.29, 0.717) is 0 Å². The first-order valence-electron chi connectivity index (χ1n) is 13.2. The number of amides is 2. The summed E-state index contributed by atoms with van der Waals surface area (Å²) in [7, 11) is 5.41. The Morgan fingerprint density at radius 1 is 1.05 bits per heavy atom. The second-order valence-corrected chi connectivity index (χ2v) is 12.3. The van der Waals surface area contributed by atoms with E-state index in [9.17, 15) is 19.5 Å². The zero-order valence-corrected chi connectivity index (χ0v) is 24.8. The maximum Gasteiger partial charge on any atom is 0.331 e. The van der Waals surface area contributed by atoms with Gasteiger partial charge in [-0.05, 0) is 36.9 Å². The van der Waals surface area contributed by atoms with Crippen molar-refractivity contribution >= 4 is 28.7 Å². The van der Waals surface area contributed by atoms with Gasteiger partial charge >= 0.3 is 5.97 Å². The van der Waals surface area contributed by atoms with Crippen molar-refractivity contribution in [1.29, 1.82) is 0 Å². The van der Waals surface area contributed by atoms with Crippen LogP contribution in [0.3, 0.4) is 0 Å². The molecule has 0 spiro atoms. The number of aromatic nitrogens is 1. The summed E-state index contributed by atoms with van der Waals surface area (Å²) in [6.07, 6.45) is 3.67. The molecule has 1 heterocycles. The Morgan fingerprint density at radius 3 is 2.13 bits per heavy atom. The largest absolute Gasteiger partial charge is 0.478 e. The summed E-state index contributed by atoms with van der Waals surface area (Å²) in [4.78, 5) is 40.7. The molecule has 0 aliphatic carbocycles. The molecule has 2 rings (SSSR count). The number of carboxylic acids is 1. The van der Waals surface area contributed by atoms with Crippen LogP contribution in [-0.2, 0) is 26.8 Å².